The van der Waals surface area contributed by atoms with Crippen molar-refractivity contribution >= 4 is 54.4 Å². The number of rotatable bonds is 0. The van der Waals surface area contributed by atoms with Crippen LogP contribution >= 0.6 is 0 Å². The lowest BCUT2D eigenvalue weighted by Crippen LogP contribution is -1.79. The lowest BCUT2D eigenvalue weighted by atomic mass is 9.95. The summed E-state index contributed by atoms with van der Waals surface area (Å²) in [5.74, 6) is 0. The van der Waals surface area contributed by atoms with E-state index in [9.17, 15) is 0 Å². The zero-order chi connectivity index (χ0) is 12.8. The number of hydrogen-bond donors (Lipinski definition) is 2. The molecule has 6 aromatic rings. The number of fused-ring (bicyclic) bond motifs is 1. The molecule has 0 bridgehead atoms. The van der Waals surface area contributed by atoms with Gasteiger partial charge < -0.3 is 9.97 Å². The first-order chi connectivity index (χ1) is 9.92. The molecular weight excluding hydrogens is 244 g/mol. The summed E-state index contributed by atoms with van der Waals surface area (Å²) in [4.78, 5) is 7.11. The highest BCUT2D eigenvalue weighted by molar-refractivity contribution is 6.39. The first-order valence-electron chi connectivity index (χ1n) is 6.90. The highest BCUT2D eigenvalue weighted by atomic mass is 14.7. The molecule has 0 aliphatic carbocycles. The molecule has 6 rings (SSSR count). The van der Waals surface area contributed by atoms with E-state index in [0.29, 0.717) is 0 Å². The summed E-state index contributed by atoms with van der Waals surface area (Å²) in [5, 5.41) is 8.18. The smallest absolute Gasteiger partial charge is 0.0472 e. The molecule has 0 amide bonds. The van der Waals surface area contributed by atoms with Gasteiger partial charge in [0.1, 0.15) is 0 Å². The van der Waals surface area contributed by atoms with Gasteiger partial charge in [-0.05, 0) is 35.0 Å². The highest BCUT2D eigenvalue weighted by Crippen LogP contribution is 2.44. The van der Waals surface area contributed by atoms with E-state index in [0.717, 1.165) is 0 Å². The van der Waals surface area contributed by atoms with Crippen LogP contribution in [-0.4, -0.2) is 9.97 Å². The molecule has 0 aliphatic heterocycles. The Labute approximate surface area is 113 Å². The fourth-order valence-electron chi connectivity index (χ4n) is 3.92. The fraction of sp³-hybridized carbons (Fsp3) is 0. The monoisotopic (exact) mass is 254 g/mol. The van der Waals surface area contributed by atoms with Crippen molar-refractivity contribution in [1.29, 1.82) is 0 Å². The Kier molecular flexibility index (Phi) is 1.26. The Morgan fingerprint density at radius 2 is 0.900 bits per heavy atom. The number of aromatic amines is 2. The lowest BCUT2D eigenvalue weighted by Gasteiger charge is -2.06. The second-order valence-corrected chi connectivity index (χ2v) is 5.62. The minimum atomic E-state index is 1.23. The van der Waals surface area contributed by atoms with Crippen LogP contribution in [0.5, 0.6) is 0 Å². The highest BCUT2D eigenvalue weighted by Gasteiger charge is 2.19. The van der Waals surface area contributed by atoms with Gasteiger partial charge in [0.2, 0.25) is 0 Å². The van der Waals surface area contributed by atoms with Crippen molar-refractivity contribution < 1.29 is 0 Å². The second-order valence-electron chi connectivity index (χ2n) is 5.62. The standard InChI is InChI=1S/C18H10N2/c1-3-9-10-4-2-6-12-16(10)18-14(20-12)8-7-13-17(18)15(9)11(5-1)19-13/h1-8,19-20H. The van der Waals surface area contributed by atoms with Crippen LogP contribution in [0.2, 0.25) is 0 Å². The van der Waals surface area contributed by atoms with E-state index in [2.05, 4.69) is 58.5 Å². The third kappa shape index (κ3) is 0.801. The molecule has 92 valence electrons. The zero-order valence-corrected chi connectivity index (χ0v) is 10.6. The summed E-state index contributed by atoms with van der Waals surface area (Å²) in [7, 11) is 0. The minimum Gasteiger partial charge on any atom is -0.354 e. The molecule has 2 heterocycles. The van der Waals surface area contributed by atoms with Crippen molar-refractivity contribution in [2.75, 3.05) is 0 Å². The lowest BCUT2D eigenvalue weighted by molar-refractivity contribution is 1.53. The molecule has 0 saturated heterocycles. The Balaban J connectivity index is 2.25. The second kappa shape index (κ2) is 2.73. The van der Waals surface area contributed by atoms with Crippen molar-refractivity contribution in [3.8, 4) is 0 Å². The van der Waals surface area contributed by atoms with E-state index in [4.69, 9.17) is 0 Å². The van der Waals surface area contributed by atoms with E-state index in [1.807, 2.05) is 0 Å². The first kappa shape index (κ1) is 9.21. The Bertz CT molecular complexity index is 1140. The van der Waals surface area contributed by atoms with Crippen LogP contribution in [0.3, 0.4) is 0 Å². The van der Waals surface area contributed by atoms with Gasteiger partial charge in [0.05, 0.1) is 0 Å². The first-order valence-corrected chi connectivity index (χ1v) is 6.90. The largest absolute Gasteiger partial charge is 0.354 e. The van der Waals surface area contributed by atoms with Gasteiger partial charge in [-0.2, -0.15) is 0 Å². The third-order valence-electron chi connectivity index (χ3n) is 4.66. The maximum Gasteiger partial charge on any atom is 0.0472 e. The summed E-state index contributed by atoms with van der Waals surface area (Å²) >= 11 is 0. The van der Waals surface area contributed by atoms with Crippen LogP contribution in [0.1, 0.15) is 0 Å². The summed E-state index contributed by atoms with van der Waals surface area (Å²) in [6.07, 6.45) is 0. The van der Waals surface area contributed by atoms with Crippen molar-refractivity contribution in [2.24, 2.45) is 0 Å². The van der Waals surface area contributed by atoms with E-state index < -0.39 is 0 Å². The van der Waals surface area contributed by atoms with E-state index in [1.165, 1.54) is 54.4 Å². The number of aromatic nitrogens is 2. The van der Waals surface area contributed by atoms with Crippen LogP contribution in [0.15, 0.2) is 48.5 Å². The predicted molar refractivity (Wildman–Crippen MR) is 85.0 cm³/mol. The Morgan fingerprint density at radius 1 is 0.450 bits per heavy atom. The average Bonchev–Trinajstić information content (AvgIpc) is 3.03. The SMILES string of the molecule is c1cc2[nH]c3ccc4[nH]c5cccc6c(c1)c2c3c4c56. The molecule has 2 nitrogen and oxygen atoms in total. The van der Waals surface area contributed by atoms with Crippen molar-refractivity contribution in [3.05, 3.63) is 48.5 Å². The van der Waals surface area contributed by atoms with Crippen LogP contribution in [0.4, 0.5) is 0 Å². The molecular formula is C18H10N2. The molecule has 20 heavy (non-hydrogen) atoms. The summed E-state index contributed by atoms with van der Waals surface area (Å²) in [5.41, 5.74) is 4.92. The molecule has 2 N–H and O–H groups in total. The van der Waals surface area contributed by atoms with Crippen molar-refractivity contribution in [1.82, 2.24) is 9.97 Å². The number of benzene rings is 4. The zero-order valence-electron chi connectivity index (χ0n) is 10.6. The molecule has 4 aromatic carbocycles. The van der Waals surface area contributed by atoms with Crippen LogP contribution in [0.25, 0.3) is 54.4 Å². The van der Waals surface area contributed by atoms with Gasteiger partial charge in [-0.1, -0.05) is 24.3 Å². The quantitative estimate of drug-likeness (QED) is 0.358. The average molecular weight is 254 g/mol. The number of hydrogen-bond acceptors (Lipinski definition) is 0. The van der Waals surface area contributed by atoms with Gasteiger partial charge in [0, 0.05) is 43.6 Å². The van der Waals surface area contributed by atoms with Crippen LogP contribution in [0, 0.1) is 0 Å². The van der Waals surface area contributed by atoms with Gasteiger partial charge in [-0.3, -0.25) is 0 Å². The van der Waals surface area contributed by atoms with Gasteiger partial charge >= 0.3 is 0 Å². The summed E-state index contributed by atoms with van der Waals surface area (Å²) < 4.78 is 0. The minimum absolute atomic E-state index is 1.23. The van der Waals surface area contributed by atoms with E-state index in [-0.39, 0.29) is 0 Å². The summed E-state index contributed by atoms with van der Waals surface area (Å²) in [6, 6.07) is 17.5. The summed E-state index contributed by atoms with van der Waals surface area (Å²) in [6.45, 7) is 0. The topological polar surface area (TPSA) is 31.6 Å². The number of H-pyrrole nitrogens is 2. The van der Waals surface area contributed by atoms with Crippen LogP contribution in [-0.2, 0) is 0 Å². The Hall–Kier alpha value is -2.74. The van der Waals surface area contributed by atoms with E-state index in [1.54, 1.807) is 0 Å². The molecule has 0 aliphatic rings. The molecule has 0 radical (unpaired) electrons. The van der Waals surface area contributed by atoms with Crippen molar-refractivity contribution in [3.63, 3.8) is 0 Å². The van der Waals surface area contributed by atoms with E-state index >= 15 is 0 Å². The molecule has 2 heteroatoms. The third-order valence-corrected chi connectivity index (χ3v) is 4.66. The van der Waals surface area contributed by atoms with Crippen LogP contribution < -0.4 is 0 Å². The van der Waals surface area contributed by atoms with Gasteiger partial charge in [-0.15, -0.1) is 0 Å². The van der Waals surface area contributed by atoms with Crippen molar-refractivity contribution in [2.45, 2.75) is 0 Å². The fourth-order valence-corrected chi connectivity index (χ4v) is 3.92. The maximum absolute atomic E-state index is 3.56. The van der Waals surface area contributed by atoms with Gasteiger partial charge in [0.15, 0.2) is 0 Å². The Morgan fingerprint density at radius 3 is 1.40 bits per heavy atom. The number of nitrogens with one attached hydrogen (secondary N) is 2. The maximum atomic E-state index is 3.56. The molecule has 0 unspecified atom stereocenters. The molecule has 0 spiro atoms. The molecule has 2 aromatic heterocycles. The predicted octanol–water partition coefficient (Wildman–Crippen LogP) is 4.98. The van der Waals surface area contributed by atoms with Gasteiger partial charge in [0.25, 0.3) is 0 Å². The molecule has 0 atom stereocenters. The normalized spacial score (nSPS) is 13.0. The molecule has 0 fully saturated rings. The molecule has 0 saturated carbocycles. The van der Waals surface area contributed by atoms with Gasteiger partial charge in [-0.25, -0.2) is 0 Å².